The quantitative estimate of drug-likeness (QED) is 0.831. The number of rotatable bonds is 6. The van der Waals surface area contributed by atoms with Gasteiger partial charge in [0.1, 0.15) is 5.82 Å². The van der Waals surface area contributed by atoms with Crippen molar-refractivity contribution in [2.75, 3.05) is 18.0 Å². The minimum absolute atomic E-state index is 0.247. The average Bonchev–Trinajstić information content (AvgIpc) is 3.15. The highest BCUT2D eigenvalue weighted by molar-refractivity contribution is 5.66. The highest BCUT2D eigenvalue weighted by Crippen LogP contribution is 2.26. The Morgan fingerprint density at radius 1 is 1.12 bits per heavy atom. The van der Waals surface area contributed by atoms with Crippen molar-refractivity contribution >= 4 is 5.69 Å². The van der Waals surface area contributed by atoms with Crippen LogP contribution in [-0.2, 0) is 6.54 Å². The van der Waals surface area contributed by atoms with Gasteiger partial charge in [0, 0.05) is 36.9 Å². The van der Waals surface area contributed by atoms with Crippen molar-refractivity contribution in [3.05, 3.63) is 47.9 Å². The number of nitrogens with one attached hydrogen (secondary N) is 1. The van der Waals surface area contributed by atoms with Gasteiger partial charge in [-0.05, 0) is 49.9 Å². The van der Waals surface area contributed by atoms with Gasteiger partial charge < -0.3 is 10.2 Å². The van der Waals surface area contributed by atoms with Gasteiger partial charge in [-0.1, -0.05) is 26.0 Å². The van der Waals surface area contributed by atoms with Crippen molar-refractivity contribution in [1.82, 2.24) is 10.3 Å². The molecular weight excluding hydrogens is 313 g/mol. The fraction of sp³-hybridized carbons (Fsp3) is 0.476. The van der Waals surface area contributed by atoms with E-state index >= 15 is 0 Å². The summed E-state index contributed by atoms with van der Waals surface area (Å²) in [6, 6.07) is 12.0. The van der Waals surface area contributed by atoms with E-state index in [-0.39, 0.29) is 5.82 Å². The number of hydrogen-bond donors (Lipinski definition) is 1. The monoisotopic (exact) mass is 341 g/mol. The Balaban J connectivity index is 1.80. The molecule has 1 aliphatic heterocycles. The van der Waals surface area contributed by atoms with E-state index in [0.29, 0.717) is 24.2 Å². The van der Waals surface area contributed by atoms with Crippen LogP contribution in [0.4, 0.5) is 10.1 Å². The second-order valence-electron chi connectivity index (χ2n) is 7.28. The van der Waals surface area contributed by atoms with Crippen LogP contribution in [0, 0.1) is 11.7 Å². The molecule has 1 fully saturated rings. The Bertz CT molecular complexity index is 708. The molecule has 0 unspecified atom stereocenters. The standard InChI is InChI=1S/C21H28FN3/c1-15(2)16(3)23-14-21-19(22)9-10-20(24-21)17-7-6-8-18(13-17)25-11-4-5-12-25/h6-10,13,15-16,23H,4-5,11-12,14H2,1-3H3/t16-/m1/s1. The minimum Gasteiger partial charge on any atom is -0.372 e. The van der Waals surface area contributed by atoms with Crippen molar-refractivity contribution in [1.29, 1.82) is 0 Å². The fourth-order valence-corrected chi connectivity index (χ4v) is 3.10. The molecular formula is C21H28FN3. The van der Waals surface area contributed by atoms with Gasteiger partial charge in [-0.3, -0.25) is 0 Å². The third-order valence-electron chi connectivity index (χ3n) is 5.12. The maximum Gasteiger partial charge on any atom is 0.146 e. The van der Waals surface area contributed by atoms with E-state index in [1.54, 1.807) is 6.07 Å². The predicted molar refractivity (Wildman–Crippen MR) is 102 cm³/mol. The Morgan fingerprint density at radius 2 is 1.88 bits per heavy atom. The summed E-state index contributed by atoms with van der Waals surface area (Å²) < 4.78 is 14.2. The molecule has 0 spiro atoms. The van der Waals surface area contributed by atoms with Crippen LogP contribution in [0.2, 0.25) is 0 Å². The Kier molecular flexibility index (Phi) is 5.69. The van der Waals surface area contributed by atoms with Crippen LogP contribution in [0.1, 0.15) is 39.3 Å². The zero-order valence-corrected chi connectivity index (χ0v) is 15.4. The molecule has 1 aliphatic rings. The molecule has 4 heteroatoms. The van der Waals surface area contributed by atoms with Crippen molar-refractivity contribution in [3.8, 4) is 11.3 Å². The number of pyridine rings is 1. The first kappa shape index (κ1) is 17.9. The Labute approximate surface area is 150 Å². The molecule has 2 heterocycles. The first-order valence-electron chi connectivity index (χ1n) is 9.29. The lowest BCUT2D eigenvalue weighted by Crippen LogP contribution is -2.30. The zero-order chi connectivity index (χ0) is 17.8. The lowest BCUT2D eigenvalue weighted by Gasteiger charge is -2.19. The van der Waals surface area contributed by atoms with Crippen molar-refractivity contribution in [2.45, 2.75) is 46.2 Å². The van der Waals surface area contributed by atoms with Gasteiger partial charge in [0.25, 0.3) is 0 Å². The lowest BCUT2D eigenvalue weighted by molar-refractivity contribution is 0.418. The lowest BCUT2D eigenvalue weighted by atomic mass is 10.1. The van der Waals surface area contributed by atoms with Crippen LogP contribution in [0.15, 0.2) is 36.4 Å². The summed E-state index contributed by atoms with van der Waals surface area (Å²) in [5, 5.41) is 3.36. The summed E-state index contributed by atoms with van der Waals surface area (Å²) in [6.07, 6.45) is 2.51. The first-order valence-corrected chi connectivity index (χ1v) is 9.29. The molecule has 1 atom stereocenters. The molecule has 0 radical (unpaired) electrons. The van der Waals surface area contributed by atoms with Crippen LogP contribution in [0.5, 0.6) is 0 Å². The summed E-state index contributed by atoms with van der Waals surface area (Å²) in [7, 11) is 0. The molecule has 1 aromatic carbocycles. The maximum absolute atomic E-state index is 14.2. The van der Waals surface area contributed by atoms with Gasteiger partial charge in [-0.25, -0.2) is 9.37 Å². The van der Waals surface area contributed by atoms with E-state index in [9.17, 15) is 4.39 Å². The summed E-state index contributed by atoms with van der Waals surface area (Å²) in [4.78, 5) is 6.99. The highest BCUT2D eigenvalue weighted by Gasteiger charge is 2.14. The molecule has 2 aromatic rings. The van der Waals surface area contributed by atoms with Crippen LogP contribution in [0.25, 0.3) is 11.3 Å². The van der Waals surface area contributed by atoms with Gasteiger partial charge in [-0.2, -0.15) is 0 Å². The molecule has 1 aromatic heterocycles. The number of anilines is 1. The Hall–Kier alpha value is -1.94. The van der Waals surface area contributed by atoms with E-state index in [1.165, 1.54) is 24.6 Å². The van der Waals surface area contributed by atoms with Gasteiger partial charge in [-0.15, -0.1) is 0 Å². The topological polar surface area (TPSA) is 28.2 Å². The SMILES string of the molecule is CC(C)[C@@H](C)NCc1nc(-c2cccc(N3CCCC3)c2)ccc1F. The van der Waals surface area contributed by atoms with E-state index in [4.69, 9.17) is 0 Å². The molecule has 1 N–H and O–H groups in total. The number of benzene rings is 1. The molecule has 25 heavy (non-hydrogen) atoms. The second-order valence-corrected chi connectivity index (χ2v) is 7.28. The van der Waals surface area contributed by atoms with Gasteiger partial charge in [0.2, 0.25) is 0 Å². The third kappa shape index (κ3) is 4.37. The first-order chi connectivity index (χ1) is 12.0. The predicted octanol–water partition coefficient (Wildman–Crippen LogP) is 4.62. The molecule has 3 nitrogen and oxygen atoms in total. The second kappa shape index (κ2) is 7.96. The van der Waals surface area contributed by atoms with E-state index in [2.05, 4.69) is 54.2 Å². The number of hydrogen-bond acceptors (Lipinski definition) is 3. The highest BCUT2D eigenvalue weighted by atomic mass is 19.1. The smallest absolute Gasteiger partial charge is 0.146 e. The molecule has 0 bridgehead atoms. The molecule has 1 saturated heterocycles. The molecule has 0 amide bonds. The molecule has 0 aliphatic carbocycles. The molecule has 3 rings (SSSR count). The number of aromatic nitrogens is 1. The molecule has 0 saturated carbocycles. The largest absolute Gasteiger partial charge is 0.372 e. The maximum atomic E-state index is 14.2. The summed E-state index contributed by atoms with van der Waals surface area (Å²) >= 11 is 0. The van der Waals surface area contributed by atoms with Crippen LogP contribution in [0.3, 0.4) is 0 Å². The zero-order valence-electron chi connectivity index (χ0n) is 15.4. The Morgan fingerprint density at radius 3 is 2.60 bits per heavy atom. The van der Waals surface area contributed by atoms with E-state index < -0.39 is 0 Å². The van der Waals surface area contributed by atoms with Crippen LogP contribution in [-0.4, -0.2) is 24.1 Å². The molecule has 134 valence electrons. The van der Waals surface area contributed by atoms with Gasteiger partial charge >= 0.3 is 0 Å². The minimum atomic E-state index is -0.247. The van der Waals surface area contributed by atoms with Crippen molar-refractivity contribution in [2.24, 2.45) is 5.92 Å². The van der Waals surface area contributed by atoms with Crippen molar-refractivity contribution < 1.29 is 4.39 Å². The number of nitrogens with zero attached hydrogens (tertiary/aromatic N) is 2. The van der Waals surface area contributed by atoms with Gasteiger partial charge in [0.15, 0.2) is 0 Å². The van der Waals surface area contributed by atoms with Crippen LogP contribution >= 0.6 is 0 Å². The normalized spacial score (nSPS) is 15.8. The van der Waals surface area contributed by atoms with E-state index in [0.717, 1.165) is 24.3 Å². The fourth-order valence-electron chi connectivity index (χ4n) is 3.10. The summed E-state index contributed by atoms with van der Waals surface area (Å²) in [5.74, 6) is 0.256. The third-order valence-corrected chi connectivity index (χ3v) is 5.12. The summed E-state index contributed by atoms with van der Waals surface area (Å²) in [5.41, 5.74) is 3.59. The van der Waals surface area contributed by atoms with Crippen LogP contribution < -0.4 is 10.2 Å². The summed E-state index contributed by atoms with van der Waals surface area (Å²) in [6.45, 7) is 9.10. The van der Waals surface area contributed by atoms with E-state index in [1.807, 2.05) is 6.07 Å². The van der Waals surface area contributed by atoms with Gasteiger partial charge in [0.05, 0.1) is 11.4 Å². The number of halogens is 1. The van der Waals surface area contributed by atoms with Crippen molar-refractivity contribution in [3.63, 3.8) is 0 Å². The average molecular weight is 341 g/mol.